The molecule has 7 heteroatoms. The molecule has 0 saturated heterocycles. The van der Waals surface area contributed by atoms with Crippen LogP contribution in [0, 0.1) is 13.8 Å². The molecule has 2 aromatic rings. The number of hydrogen-bond donors (Lipinski definition) is 1. The highest BCUT2D eigenvalue weighted by Gasteiger charge is 2.28. The largest absolute Gasteiger partial charge is 0.398 e. The zero-order chi connectivity index (χ0) is 17.0. The zero-order valence-corrected chi connectivity index (χ0v) is 13.4. The summed E-state index contributed by atoms with van der Waals surface area (Å²) >= 11 is 0.503. The first-order valence-corrected chi connectivity index (χ1v) is 7.78. The predicted octanol–water partition coefficient (Wildman–Crippen LogP) is 4.61. The zero-order valence-electron chi connectivity index (χ0n) is 12.6. The average molecular weight is 340 g/mol. The van der Waals surface area contributed by atoms with Gasteiger partial charge in [-0.1, -0.05) is 29.5 Å². The molecule has 3 nitrogen and oxygen atoms in total. The van der Waals surface area contributed by atoms with E-state index in [4.69, 9.17) is 0 Å². The molecule has 1 heterocycles. The fraction of sp³-hybridized carbons (Fsp3) is 0.250. The van der Waals surface area contributed by atoms with E-state index in [0.29, 0.717) is 17.4 Å². The number of thioether (sulfide) groups is 1. The number of halogens is 3. The fourth-order valence-electron chi connectivity index (χ4n) is 1.97. The lowest BCUT2D eigenvalue weighted by Crippen LogP contribution is -2.16. The van der Waals surface area contributed by atoms with E-state index >= 15 is 0 Å². The van der Waals surface area contributed by atoms with Gasteiger partial charge in [-0.2, -0.15) is 13.2 Å². The Morgan fingerprint density at radius 3 is 2.65 bits per heavy atom. The third-order valence-electron chi connectivity index (χ3n) is 3.02. The number of aromatic nitrogens is 1. The molecule has 0 aliphatic heterocycles. The molecule has 0 atom stereocenters. The molecule has 0 fully saturated rings. The van der Waals surface area contributed by atoms with Crippen LogP contribution in [-0.4, -0.2) is 22.8 Å². The van der Waals surface area contributed by atoms with Crippen LogP contribution in [0.5, 0.6) is 0 Å². The van der Waals surface area contributed by atoms with E-state index in [-0.39, 0.29) is 10.6 Å². The van der Waals surface area contributed by atoms with Gasteiger partial charge < -0.3 is 5.32 Å². The molecular formula is C16H15F3N2OS. The number of hydrogen-bond acceptors (Lipinski definition) is 3. The molecular weight excluding hydrogens is 325 g/mol. The van der Waals surface area contributed by atoms with Crippen LogP contribution in [0.15, 0.2) is 41.6 Å². The number of rotatable bonds is 4. The lowest BCUT2D eigenvalue weighted by Gasteiger charge is -2.12. The van der Waals surface area contributed by atoms with E-state index in [9.17, 15) is 18.0 Å². The van der Waals surface area contributed by atoms with Crippen molar-refractivity contribution in [1.29, 1.82) is 0 Å². The highest BCUT2D eigenvalue weighted by Crippen LogP contribution is 2.28. The number of alkyl halides is 3. The average Bonchev–Trinajstić information content (AvgIpc) is 2.47. The van der Waals surface area contributed by atoms with E-state index < -0.39 is 17.8 Å². The normalized spacial score (nSPS) is 11.3. The number of aryl methyl sites for hydroxylation is 2. The number of anilines is 1. The van der Waals surface area contributed by atoms with E-state index in [0.717, 1.165) is 11.1 Å². The highest BCUT2D eigenvalue weighted by molar-refractivity contribution is 7.99. The van der Waals surface area contributed by atoms with Crippen LogP contribution in [0.1, 0.15) is 21.5 Å². The van der Waals surface area contributed by atoms with Crippen LogP contribution >= 0.6 is 11.8 Å². The summed E-state index contributed by atoms with van der Waals surface area (Å²) in [5.74, 6) is -1.57. The van der Waals surface area contributed by atoms with E-state index in [1.165, 1.54) is 18.3 Å². The van der Waals surface area contributed by atoms with Crippen LogP contribution in [-0.2, 0) is 0 Å². The van der Waals surface area contributed by atoms with Crippen LogP contribution in [0.2, 0.25) is 0 Å². The Hall–Kier alpha value is -2.02. The first-order valence-electron chi connectivity index (χ1n) is 6.79. The topological polar surface area (TPSA) is 42.0 Å². The first kappa shape index (κ1) is 17.3. The van der Waals surface area contributed by atoms with Crippen molar-refractivity contribution in [2.75, 3.05) is 11.1 Å². The van der Waals surface area contributed by atoms with Crippen molar-refractivity contribution in [2.24, 2.45) is 0 Å². The molecule has 1 N–H and O–H groups in total. The molecule has 23 heavy (non-hydrogen) atoms. The molecule has 0 bridgehead atoms. The summed E-state index contributed by atoms with van der Waals surface area (Å²) in [6, 6.07) is 8.52. The Morgan fingerprint density at radius 2 is 2.00 bits per heavy atom. The van der Waals surface area contributed by atoms with E-state index in [1.54, 1.807) is 6.07 Å². The van der Waals surface area contributed by atoms with Crippen molar-refractivity contribution in [1.82, 2.24) is 4.98 Å². The first-order chi connectivity index (χ1) is 10.8. The molecule has 0 saturated carbocycles. The maximum atomic E-state index is 12.4. The molecule has 1 amide bonds. The molecule has 1 aromatic carbocycles. The van der Waals surface area contributed by atoms with Crippen molar-refractivity contribution in [3.8, 4) is 0 Å². The van der Waals surface area contributed by atoms with Crippen molar-refractivity contribution in [3.05, 3.63) is 53.2 Å². The number of pyridine rings is 1. The van der Waals surface area contributed by atoms with Gasteiger partial charge in [0.15, 0.2) is 0 Å². The number of nitrogens with one attached hydrogen (secondary N) is 1. The Balaban J connectivity index is 2.19. The van der Waals surface area contributed by atoms with Crippen LogP contribution in [0.3, 0.4) is 0 Å². The van der Waals surface area contributed by atoms with Crippen molar-refractivity contribution >= 4 is 23.4 Å². The van der Waals surface area contributed by atoms with Crippen LogP contribution in [0.4, 0.5) is 18.9 Å². The van der Waals surface area contributed by atoms with Gasteiger partial charge in [-0.15, -0.1) is 0 Å². The number of carbonyl (C=O) groups is 1. The number of amides is 1. The summed E-state index contributed by atoms with van der Waals surface area (Å²) in [7, 11) is 0. The number of benzene rings is 1. The third-order valence-corrected chi connectivity index (χ3v) is 4.09. The quantitative estimate of drug-likeness (QED) is 0.827. The Labute approximate surface area is 136 Å². The second-order valence-electron chi connectivity index (χ2n) is 5.03. The lowest BCUT2D eigenvalue weighted by atomic mass is 10.1. The summed E-state index contributed by atoms with van der Waals surface area (Å²) in [5.41, 5.74) is 2.69. The Kier molecular flexibility index (Phi) is 5.30. The molecule has 1 aromatic heterocycles. The van der Waals surface area contributed by atoms with Gasteiger partial charge in [0, 0.05) is 11.9 Å². The second-order valence-corrected chi connectivity index (χ2v) is 6.00. The summed E-state index contributed by atoms with van der Waals surface area (Å²) < 4.78 is 37.1. The minimum absolute atomic E-state index is 0.0621. The minimum atomic E-state index is -4.32. The smallest absolute Gasteiger partial charge is 0.322 e. The molecule has 122 valence electrons. The third kappa shape index (κ3) is 4.99. The minimum Gasteiger partial charge on any atom is -0.322 e. The van der Waals surface area contributed by atoms with Gasteiger partial charge in [0.05, 0.1) is 11.3 Å². The maximum absolute atomic E-state index is 12.4. The standard InChI is InChI=1S/C16H15F3N2OS/c1-10-5-6-13(11(2)8-10)21-14(22)12-4-3-7-20-15(12)23-9-16(17,18)19/h3-8H,9H2,1-2H3,(H,21,22). The molecule has 0 aliphatic rings. The van der Waals surface area contributed by atoms with Gasteiger partial charge in [-0.05, 0) is 37.6 Å². The molecule has 0 radical (unpaired) electrons. The van der Waals surface area contributed by atoms with Crippen molar-refractivity contribution < 1.29 is 18.0 Å². The van der Waals surface area contributed by atoms with Crippen molar-refractivity contribution in [3.63, 3.8) is 0 Å². The summed E-state index contributed by atoms with van der Waals surface area (Å²) in [5, 5.41) is 2.78. The van der Waals surface area contributed by atoms with Gasteiger partial charge in [0.2, 0.25) is 0 Å². The second kappa shape index (κ2) is 7.04. The van der Waals surface area contributed by atoms with Crippen LogP contribution in [0.25, 0.3) is 0 Å². The van der Waals surface area contributed by atoms with Gasteiger partial charge in [-0.25, -0.2) is 4.98 Å². The predicted molar refractivity (Wildman–Crippen MR) is 84.9 cm³/mol. The Morgan fingerprint density at radius 1 is 1.26 bits per heavy atom. The van der Waals surface area contributed by atoms with Crippen molar-refractivity contribution in [2.45, 2.75) is 25.0 Å². The number of nitrogens with zero attached hydrogens (tertiary/aromatic N) is 1. The molecule has 0 aliphatic carbocycles. The fourth-order valence-corrected chi connectivity index (χ4v) is 2.72. The summed E-state index contributed by atoms with van der Waals surface area (Å²) in [4.78, 5) is 16.2. The lowest BCUT2D eigenvalue weighted by molar-refractivity contribution is -0.105. The summed E-state index contributed by atoms with van der Waals surface area (Å²) in [6.45, 7) is 3.79. The molecule has 2 rings (SSSR count). The monoisotopic (exact) mass is 340 g/mol. The van der Waals surface area contributed by atoms with E-state index in [2.05, 4.69) is 10.3 Å². The van der Waals surface area contributed by atoms with Gasteiger partial charge in [-0.3, -0.25) is 4.79 Å². The summed E-state index contributed by atoms with van der Waals surface area (Å²) in [6.07, 6.45) is -2.95. The Bertz CT molecular complexity index is 717. The van der Waals surface area contributed by atoms with Gasteiger partial charge >= 0.3 is 6.18 Å². The van der Waals surface area contributed by atoms with Gasteiger partial charge in [0.1, 0.15) is 5.03 Å². The van der Waals surface area contributed by atoms with E-state index in [1.807, 2.05) is 26.0 Å². The van der Waals surface area contributed by atoms with Crippen LogP contribution < -0.4 is 5.32 Å². The van der Waals surface area contributed by atoms with Gasteiger partial charge in [0.25, 0.3) is 5.91 Å². The molecule has 0 spiro atoms. The SMILES string of the molecule is Cc1ccc(NC(=O)c2cccnc2SCC(F)(F)F)c(C)c1. The molecule has 0 unspecified atom stereocenters. The highest BCUT2D eigenvalue weighted by atomic mass is 32.2. The maximum Gasteiger partial charge on any atom is 0.398 e. The number of carbonyl (C=O) groups excluding carboxylic acids is 1.